The number of nitrogens with zero attached hydrogens (tertiary/aromatic N) is 4. The minimum absolute atomic E-state index is 0.491. The maximum atomic E-state index is 4.96. The summed E-state index contributed by atoms with van der Waals surface area (Å²) in [6.45, 7) is 11.8. The predicted octanol–water partition coefficient (Wildman–Crippen LogP) is 1.65. The van der Waals surface area contributed by atoms with Gasteiger partial charge in [-0.2, -0.15) is 0 Å². The van der Waals surface area contributed by atoms with Gasteiger partial charge in [-0.15, -0.1) is 0 Å². The molecule has 1 unspecified atom stereocenters. The van der Waals surface area contributed by atoms with Gasteiger partial charge in [0.15, 0.2) is 5.96 Å². The van der Waals surface area contributed by atoms with Crippen molar-refractivity contribution in [3.05, 3.63) is 29.8 Å². The summed E-state index contributed by atoms with van der Waals surface area (Å²) in [7, 11) is 2.20. The van der Waals surface area contributed by atoms with E-state index in [0.29, 0.717) is 6.04 Å². The summed E-state index contributed by atoms with van der Waals surface area (Å²) in [5, 5.41) is 3.48. The normalized spacial score (nSPS) is 21.0. The van der Waals surface area contributed by atoms with Crippen molar-refractivity contribution in [2.75, 3.05) is 57.8 Å². The van der Waals surface area contributed by atoms with Gasteiger partial charge in [-0.05, 0) is 38.9 Å². The summed E-state index contributed by atoms with van der Waals surface area (Å²) in [6.07, 6.45) is 1.11. The number of rotatable bonds is 4. The van der Waals surface area contributed by atoms with E-state index in [1.54, 1.807) is 0 Å². The summed E-state index contributed by atoms with van der Waals surface area (Å²) in [5.74, 6) is 1.03. The van der Waals surface area contributed by atoms with Crippen LogP contribution in [0.4, 0.5) is 5.69 Å². The van der Waals surface area contributed by atoms with Crippen LogP contribution < -0.4 is 10.2 Å². The summed E-state index contributed by atoms with van der Waals surface area (Å²) < 4.78 is 0. The van der Waals surface area contributed by atoms with Crippen LogP contribution in [0.3, 0.4) is 0 Å². The lowest BCUT2D eigenvalue weighted by atomic mass is 10.2. The third kappa shape index (κ3) is 3.90. The van der Waals surface area contributed by atoms with Crippen LogP contribution in [0.5, 0.6) is 0 Å². The van der Waals surface area contributed by atoms with Gasteiger partial charge in [-0.1, -0.05) is 18.2 Å². The number of guanidine groups is 1. The van der Waals surface area contributed by atoms with E-state index in [1.807, 2.05) is 0 Å². The largest absolute Gasteiger partial charge is 0.356 e. The molecule has 0 amide bonds. The Morgan fingerprint density at radius 2 is 1.92 bits per heavy atom. The Morgan fingerprint density at radius 1 is 1.17 bits per heavy atom. The number of hydrogen-bond donors (Lipinski definition) is 1. The second-order valence-electron chi connectivity index (χ2n) is 6.91. The molecule has 1 fully saturated rings. The number of nitrogens with one attached hydrogen (secondary N) is 1. The van der Waals surface area contributed by atoms with Gasteiger partial charge in [-0.25, -0.2) is 0 Å². The smallest absolute Gasteiger partial charge is 0.198 e. The van der Waals surface area contributed by atoms with Crippen LogP contribution in [0.15, 0.2) is 29.3 Å². The Balaban J connectivity index is 1.66. The van der Waals surface area contributed by atoms with Crippen LogP contribution in [0.25, 0.3) is 0 Å². The molecule has 0 aromatic heterocycles. The fraction of sp³-hybridized carbons (Fsp3) is 0.632. The second-order valence-corrected chi connectivity index (χ2v) is 6.91. The number of anilines is 1. The predicted molar refractivity (Wildman–Crippen MR) is 102 cm³/mol. The maximum Gasteiger partial charge on any atom is 0.198 e. The van der Waals surface area contributed by atoms with Crippen molar-refractivity contribution in [1.82, 2.24) is 15.1 Å². The zero-order valence-corrected chi connectivity index (χ0v) is 15.3. The average Bonchev–Trinajstić information content (AvgIpc) is 3.03. The van der Waals surface area contributed by atoms with Crippen molar-refractivity contribution in [3.8, 4) is 0 Å². The monoisotopic (exact) mass is 329 g/mol. The molecule has 1 aromatic carbocycles. The van der Waals surface area contributed by atoms with Crippen LogP contribution in [0, 0.1) is 0 Å². The quantitative estimate of drug-likeness (QED) is 0.673. The van der Waals surface area contributed by atoms with E-state index in [2.05, 4.69) is 65.2 Å². The minimum Gasteiger partial charge on any atom is -0.356 e. The first-order chi connectivity index (χ1) is 11.7. The third-order valence-electron chi connectivity index (χ3n) is 5.14. The van der Waals surface area contributed by atoms with Crippen LogP contribution in [-0.4, -0.2) is 74.7 Å². The van der Waals surface area contributed by atoms with Gasteiger partial charge in [0.05, 0.1) is 6.54 Å². The van der Waals surface area contributed by atoms with Gasteiger partial charge in [0, 0.05) is 51.0 Å². The van der Waals surface area contributed by atoms with Crippen molar-refractivity contribution in [3.63, 3.8) is 0 Å². The molecule has 5 heteroatoms. The van der Waals surface area contributed by atoms with Gasteiger partial charge in [0.1, 0.15) is 0 Å². The van der Waals surface area contributed by atoms with Crippen molar-refractivity contribution in [1.29, 1.82) is 0 Å². The lowest BCUT2D eigenvalue weighted by molar-refractivity contribution is 0.122. The molecule has 2 aliphatic heterocycles. The third-order valence-corrected chi connectivity index (χ3v) is 5.14. The van der Waals surface area contributed by atoms with E-state index in [-0.39, 0.29) is 0 Å². The Bertz CT molecular complexity index is 563. The average molecular weight is 329 g/mol. The number of hydrogen-bond acceptors (Lipinski definition) is 3. The molecular formula is C19H31N5. The maximum absolute atomic E-state index is 4.96. The summed E-state index contributed by atoms with van der Waals surface area (Å²) in [4.78, 5) is 12.3. The fourth-order valence-electron chi connectivity index (χ4n) is 3.55. The molecule has 2 heterocycles. The first kappa shape index (κ1) is 17.2. The lowest BCUT2D eigenvalue weighted by Gasteiger charge is -2.36. The van der Waals surface area contributed by atoms with E-state index in [9.17, 15) is 0 Å². The van der Waals surface area contributed by atoms with E-state index in [1.165, 1.54) is 11.3 Å². The van der Waals surface area contributed by atoms with Gasteiger partial charge < -0.3 is 15.1 Å². The molecule has 24 heavy (non-hydrogen) atoms. The number of likely N-dealkylation sites (N-methyl/N-ethyl adjacent to an activating group) is 1. The van der Waals surface area contributed by atoms with E-state index in [0.717, 1.165) is 58.2 Å². The van der Waals surface area contributed by atoms with Crippen LogP contribution >= 0.6 is 0 Å². The number of fused-ring (bicyclic) bond motifs is 1. The molecule has 3 rings (SSSR count). The van der Waals surface area contributed by atoms with Crippen LogP contribution in [0.2, 0.25) is 0 Å². The summed E-state index contributed by atoms with van der Waals surface area (Å²) >= 11 is 0. The highest BCUT2D eigenvalue weighted by Gasteiger charge is 2.23. The highest BCUT2D eigenvalue weighted by atomic mass is 15.3. The molecule has 132 valence electrons. The molecule has 0 radical (unpaired) electrons. The number of benzene rings is 1. The van der Waals surface area contributed by atoms with E-state index < -0.39 is 0 Å². The topological polar surface area (TPSA) is 34.1 Å². The van der Waals surface area contributed by atoms with Gasteiger partial charge in [-0.3, -0.25) is 9.89 Å². The standard InChI is InChI=1S/C19H31N5/c1-4-20-19(24-10-9-17-7-5-6-8-18(17)24)21-15-16(2)23-13-11-22(3)12-14-23/h5-8,16H,4,9-15H2,1-3H3,(H,20,21). The Labute approximate surface area is 146 Å². The number of piperazine rings is 1. The molecule has 1 saturated heterocycles. The highest BCUT2D eigenvalue weighted by molar-refractivity contribution is 5.97. The molecule has 2 aliphatic rings. The molecule has 1 atom stereocenters. The van der Waals surface area contributed by atoms with Gasteiger partial charge >= 0.3 is 0 Å². The van der Waals surface area contributed by atoms with Crippen molar-refractivity contribution < 1.29 is 0 Å². The SMILES string of the molecule is CCNC(=NCC(C)N1CCN(C)CC1)N1CCc2ccccc21. The lowest BCUT2D eigenvalue weighted by Crippen LogP contribution is -2.49. The summed E-state index contributed by atoms with van der Waals surface area (Å²) in [6, 6.07) is 9.17. The Hall–Kier alpha value is -1.59. The van der Waals surface area contributed by atoms with Crippen molar-refractivity contribution in [2.24, 2.45) is 4.99 Å². The fourth-order valence-corrected chi connectivity index (χ4v) is 3.55. The Kier molecular flexibility index (Phi) is 5.74. The zero-order valence-electron chi connectivity index (χ0n) is 15.3. The van der Waals surface area contributed by atoms with Crippen LogP contribution in [0.1, 0.15) is 19.4 Å². The highest BCUT2D eigenvalue weighted by Crippen LogP contribution is 2.27. The number of aliphatic imine (C=N–C) groups is 1. The van der Waals surface area contributed by atoms with E-state index >= 15 is 0 Å². The molecule has 5 nitrogen and oxygen atoms in total. The molecule has 0 aliphatic carbocycles. The van der Waals surface area contributed by atoms with Gasteiger partial charge in [0.2, 0.25) is 0 Å². The van der Waals surface area contributed by atoms with Gasteiger partial charge in [0.25, 0.3) is 0 Å². The van der Waals surface area contributed by atoms with Crippen LogP contribution in [-0.2, 0) is 6.42 Å². The first-order valence-corrected chi connectivity index (χ1v) is 9.25. The first-order valence-electron chi connectivity index (χ1n) is 9.25. The van der Waals surface area contributed by atoms with E-state index in [4.69, 9.17) is 4.99 Å². The Morgan fingerprint density at radius 3 is 2.67 bits per heavy atom. The zero-order chi connectivity index (χ0) is 16.9. The summed E-state index contributed by atoms with van der Waals surface area (Å²) in [5.41, 5.74) is 2.74. The molecule has 0 bridgehead atoms. The molecule has 0 saturated carbocycles. The second kappa shape index (κ2) is 7.99. The molecular weight excluding hydrogens is 298 g/mol. The number of para-hydroxylation sites is 1. The molecule has 0 spiro atoms. The molecule has 1 aromatic rings. The van der Waals surface area contributed by atoms with Crippen molar-refractivity contribution >= 4 is 11.6 Å². The van der Waals surface area contributed by atoms with Crippen molar-refractivity contribution in [2.45, 2.75) is 26.3 Å². The minimum atomic E-state index is 0.491. The molecule has 1 N–H and O–H groups in total.